The van der Waals surface area contributed by atoms with E-state index in [1.54, 1.807) is 49.5 Å². The first kappa shape index (κ1) is 19.8. The van der Waals surface area contributed by atoms with Crippen molar-refractivity contribution in [3.05, 3.63) is 60.1 Å². The zero-order chi connectivity index (χ0) is 21.1. The molecule has 7 nitrogen and oxygen atoms in total. The van der Waals surface area contributed by atoms with Crippen molar-refractivity contribution in [1.82, 2.24) is 10.1 Å². The standard InChI is InChI=1S/C22H22FN3O4/c1-28-19-8-3-15(13-20(19)29-2)18-14-21(30-24-18)22(27)26-11-9-25(10-12-26)17-6-4-16(23)5-7-17/h3-8,13-14H,9-12H2,1-2H3. The summed E-state index contributed by atoms with van der Waals surface area (Å²) in [5, 5.41) is 4.04. The fourth-order valence-electron chi connectivity index (χ4n) is 3.48. The Labute approximate surface area is 173 Å². The fraction of sp³-hybridized carbons (Fsp3) is 0.273. The van der Waals surface area contributed by atoms with E-state index in [1.165, 1.54) is 12.1 Å². The molecule has 1 aliphatic rings. The van der Waals surface area contributed by atoms with Crippen molar-refractivity contribution in [1.29, 1.82) is 0 Å². The number of nitrogens with zero attached hydrogens (tertiary/aromatic N) is 3. The van der Waals surface area contributed by atoms with Crippen LogP contribution in [0.25, 0.3) is 11.3 Å². The lowest BCUT2D eigenvalue weighted by Crippen LogP contribution is -2.48. The minimum absolute atomic E-state index is 0.190. The van der Waals surface area contributed by atoms with Gasteiger partial charge in [-0.05, 0) is 42.5 Å². The first-order valence-electron chi connectivity index (χ1n) is 9.58. The number of carbonyl (C=O) groups excluding carboxylic acids is 1. The number of piperazine rings is 1. The Morgan fingerprint density at radius 1 is 0.967 bits per heavy atom. The largest absolute Gasteiger partial charge is 0.493 e. The van der Waals surface area contributed by atoms with Gasteiger partial charge in [-0.15, -0.1) is 0 Å². The SMILES string of the molecule is COc1ccc(-c2cc(C(=O)N3CCN(c4ccc(F)cc4)CC3)on2)cc1OC. The van der Waals surface area contributed by atoms with Gasteiger partial charge in [-0.3, -0.25) is 4.79 Å². The van der Waals surface area contributed by atoms with E-state index in [4.69, 9.17) is 14.0 Å². The Morgan fingerprint density at radius 2 is 1.67 bits per heavy atom. The van der Waals surface area contributed by atoms with Crippen molar-refractivity contribution in [2.45, 2.75) is 0 Å². The molecule has 0 spiro atoms. The minimum atomic E-state index is -0.261. The van der Waals surface area contributed by atoms with Crippen LogP contribution in [0.3, 0.4) is 0 Å². The molecule has 1 saturated heterocycles. The molecule has 4 rings (SSSR count). The van der Waals surface area contributed by atoms with Crippen molar-refractivity contribution < 1.29 is 23.2 Å². The predicted molar refractivity (Wildman–Crippen MR) is 110 cm³/mol. The number of rotatable bonds is 5. The molecular weight excluding hydrogens is 389 g/mol. The lowest BCUT2D eigenvalue weighted by atomic mass is 10.1. The van der Waals surface area contributed by atoms with Crippen LogP contribution < -0.4 is 14.4 Å². The Balaban J connectivity index is 1.43. The van der Waals surface area contributed by atoms with Gasteiger partial charge in [0, 0.05) is 43.5 Å². The smallest absolute Gasteiger partial charge is 0.292 e. The summed E-state index contributed by atoms with van der Waals surface area (Å²) in [6.45, 7) is 2.41. The summed E-state index contributed by atoms with van der Waals surface area (Å²) in [5.74, 6) is 0.911. The first-order valence-corrected chi connectivity index (χ1v) is 9.58. The lowest BCUT2D eigenvalue weighted by Gasteiger charge is -2.35. The van der Waals surface area contributed by atoms with Gasteiger partial charge in [0.2, 0.25) is 5.76 Å². The van der Waals surface area contributed by atoms with E-state index < -0.39 is 0 Å². The van der Waals surface area contributed by atoms with Gasteiger partial charge in [0.15, 0.2) is 11.5 Å². The maximum atomic E-state index is 13.1. The van der Waals surface area contributed by atoms with Gasteiger partial charge in [0.25, 0.3) is 5.91 Å². The second kappa shape index (κ2) is 8.44. The van der Waals surface area contributed by atoms with Gasteiger partial charge >= 0.3 is 0 Å². The number of halogens is 1. The van der Waals surface area contributed by atoms with E-state index in [0.29, 0.717) is 43.4 Å². The first-order chi connectivity index (χ1) is 14.6. The van der Waals surface area contributed by atoms with E-state index in [0.717, 1.165) is 11.3 Å². The fourth-order valence-corrected chi connectivity index (χ4v) is 3.48. The number of benzene rings is 2. The molecule has 3 aromatic rings. The third-order valence-corrected chi connectivity index (χ3v) is 5.16. The van der Waals surface area contributed by atoms with Crippen LogP contribution in [-0.4, -0.2) is 56.4 Å². The Bertz CT molecular complexity index is 1030. The number of amides is 1. The average Bonchev–Trinajstić information content (AvgIpc) is 3.29. The van der Waals surface area contributed by atoms with Gasteiger partial charge < -0.3 is 23.8 Å². The van der Waals surface area contributed by atoms with Crippen LogP contribution in [0.4, 0.5) is 10.1 Å². The summed E-state index contributed by atoms with van der Waals surface area (Å²) in [7, 11) is 3.13. The minimum Gasteiger partial charge on any atom is -0.493 e. The molecule has 2 aromatic carbocycles. The highest BCUT2D eigenvalue weighted by atomic mass is 19.1. The molecule has 0 atom stereocenters. The van der Waals surface area contributed by atoms with Gasteiger partial charge in [-0.1, -0.05) is 5.16 Å². The molecule has 1 aromatic heterocycles. The van der Waals surface area contributed by atoms with Crippen LogP contribution in [0.2, 0.25) is 0 Å². The van der Waals surface area contributed by atoms with E-state index in [1.807, 2.05) is 6.07 Å². The van der Waals surface area contributed by atoms with Crippen molar-refractivity contribution in [3.8, 4) is 22.8 Å². The zero-order valence-electron chi connectivity index (χ0n) is 16.8. The van der Waals surface area contributed by atoms with E-state index in [-0.39, 0.29) is 17.5 Å². The molecular formula is C22H22FN3O4. The summed E-state index contributed by atoms with van der Waals surface area (Å²) in [6, 6.07) is 13.4. The van der Waals surface area contributed by atoms with Crippen molar-refractivity contribution in [2.24, 2.45) is 0 Å². The highest BCUT2D eigenvalue weighted by Gasteiger charge is 2.25. The molecule has 156 valence electrons. The van der Waals surface area contributed by atoms with Gasteiger partial charge in [-0.25, -0.2) is 4.39 Å². The van der Waals surface area contributed by atoms with Gasteiger partial charge in [-0.2, -0.15) is 0 Å². The molecule has 2 heterocycles. The number of carbonyl (C=O) groups is 1. The van der Waals surface area contributed by atoms with Crippen LogP contribution in [-0.2, 0) is 0 Å². The van der Waals surface area contributed by atoms with Crippen LogP contribution in [0.1, 0.15) is 10.6 Å². The van der Waals surface area contributed by atoms with Crippen molar-refractivity contribution in [3.63, 3.8) is 0 Å². The number of hydrogen-bond acceptors (Lipinski definition) is 6. The van der Waals surface area contributed by atoms with Gasteiger partial charge in [0.1, 0.15) is 11.5 Å². The Morgan fingerprint density at radius 3 is 2.33 bits per heavy atom. The monoisotopic (exact) mass is 411 g/mol. The predicted octanol–water partition coefficient (Wildman–Crippen LogP) is 3.46. The molecule has 1 amide bonds. The van der Waals surface area contributed by atoms with Gasteiger partial charge in [0.05, 0.1) is 14.2 Å². The molecule has 30 heavy (non-hydrogen) atoms. The third-order valence-electron chi connectivity index (χ3n) is 5.16. The van der Waals surface area contributed by atoms with Crippen molar-refractivity contribution in [2.75, 3.05) is 45.3 Å². The van der Waals surface area contributed by atoms with Crippen LogP contribution in [0.15, 0.2) is 53.1 Å². The maximum absolute atomic E-state index is 13.1. The molecule has 0 aliphatic carbocycles. The quantitative estimate of drug-likeness (QED) is 0.641. The number of aromatic nitrogens is 1. The summed E-state index contributed by atoms with van der Waals surface area (Å²) in [5.41, 5.74) is 2.25. The number of anilines is 1. The van der Waals surface area contributed by atoms with Crippen molar-refractivity contribution >= 4 is 11.6 Å². The normalized spacial score (nSPS) is 14.0. The molecule has 1 aliphatic heterocycles. The molecule has 0 radical (unpaired) electrons. The van der Waals surface area contributed by atoms with E-state index in [9.17, 15) is 9.18 Å². The van der Waals surface area contributed by atoms with Crippen LogP contribution in [0, 0.1) is 5.82 Å². The van der Waals surface area contributed by atoms with E-state index >= 15 is 0 Å². The molecule has 0 saturated carbocycles. The van der Waals surface area contributed by atoms with E-state index in [2.05, 4.69) is 10.1 Å². The highest BCUT2D eigenvalue weighted by Crippen LogP contribution is 2.32. The highest BCUT2D eigenvalue weighted by molar-refractivity contribution is 5.92. The summed E-state index contributed by atoms with van der Waals surface area (Å²) in [4.78, 5) is 16.7. The number of hydrogen-bond donors (Lipinski definition) is 0. The summed E-state index contributed by atoms with van der Waals surface area (Å²) < 4.78 is 29.0. The molecule has 0 bridgehead atoms. The lowest BCUT2D eigenvalue weighted by molar-refractivity contribution is 0.0705. The maximum Gasteiger partial charge on any atom is 0.292 e. The summed E-state index contributed by atoms with van der Waals surface area (Å²) >= 11 is 0. The second-order valence-electron chi connectivity index (χ2n) is 6.90. The topological polar surface area (TPSA) is 68.0 Å². The number of ether oxygens (including phenoxy) is 2. The molecule has 8 heteroatoms. The summed E-state index contributed by atoms with van der Waals surface area (Å²) in [6.07, 6.45) is 0. The van der Waals surface area contributed by atoms with Crippen LogP contribution in [0.5, 0.6) is 11.5 Å². The molecule has 0 N–H and O–H groups in total. The Kier molecular flexibility index (Phi) is 5.56. The Hall–Kier alpha value is -3.55. The van der Waals surface area contributed by atoms with Crippen LogP contribution >= 0.6 is 0 Å². The zero-order valence-corrected chi connectivity index (χ0v) is 16.8. The number of methoxy groups -OCH3 is 2. The molecule has 1 fully saturated rings. The molecule has 0 unspecified atom stereocenters. The third kappa shape index (κ3) is 3.94. The second-order valence-corrected chi connectivity index (χ2v) is 6.90. The average molecular weight is 411 g/mol.